The highest BCUT2D eigenvalue weighted by Crippen LogP contribution is 2.25. The summed E-state index contributed by atoms with van der Waals surface area (Å²) in [5.74, 6) is 3.21. The maximum absolute atomic E-state index is 12.6. The van der Waals surface area contributed by atoms with E-state index in [-0.39, 0.29) is 17.9 Å². The first-order valence-corrected chi connectivity index (χ1v) is 8.86. The second-order valence-electron chi connectivity index (χ2n) is 4.74. The Kier molecular flexibility index (Phi) is 4.26. The molecule has 0 aliphatic carbocycles. The minimum absolute atomic E-state index is 0.0899. The molecule has 7 heteroatoms. The van der Waals surface area contributed by atoms with E-state index in [0.717, 1.165) is 24.6 Å². The van der Waals surface area contributed by atoms with E-state index in [9.17, 15) is 9.59 Å². The van der Waals surface area contributed by atoms with Crippen molar-refractivity contribution in [1.29, 1.82) is 0 Å². The SMILES string of the molecule is O=C(C1CSCN1C(=O)c1ccoc1)N1CCSCC1. The van der Waals surface area contributed by atoms with Crippen LogP contribution in [-0.4, -0.2) is 63.9 Å². The largest absolute Gasteiger partial charge is 0.472 e. The molecular formula is C13H16N2O3S2. The Balaban J connectivity index is 1.71. The van der Waals surface area contributed by atoms with Gasteiger partial charge in [0, 0.05) is 30.3 Å². The molecule has 2 aliphatic rings. The predicted molar refractivity (Wildman–Crippen MR) is 79.9 cm³/mol. The van der Waals surface area contributed by atoms with Gasteiger partial charge in [-0.2, -0.15) is 11.8 Å². The van der Waals surface area contributed by atoms with Crippen LogP contribution in [0.2, 0.25) is 0 Å². The molecule has 0 saturated carbocycles. The number of amides is 2. The summed E-state index contributed by atoms with van der Waals surface area (Å²) in [7, 11) is 0. The molecule has 5 nitrogen and oxygen atoms in total. The zero-order valence-electron chi connectivity index (χ0n) is 11.0. The standard InChI is InChI=1S/C13H16N2O3S2/c16-12(10-1-4-18-7-10)15-9-20-8-11(15)13(17)14-2-5-19-6-3-14/h1,4,7,11H,2-3,5-6,8-9H2. The molecule has 2 amide bonds. The zero-order chi connectivity index (χ0) is 13.9. The van der Waals surface area contributed by atoms with Gasteiger partial charge < -0.3 is 14.2 Å². The minimum atomic E-state index is -0.328. The monoisotopic (exact) mass is 312 g/mol. The van der Waals surface area contributed by atoms with E-state index in [4.69, 9.17) is 4.42 Å². The van der Waals surface area contributed by atoms with Crippen LogP contribution in [0.4, 0.5) is 0 Å². The summed E-state index contributed by atoms with van der Waals surface area (Å²) >= 11 is 3.50. The van der Waals surface area contributed by atoms with Crippen molar-refractivity contribution in [3.63, 3.8) is 0 Å². The number of rotatable bonds is 2. The Hall–Kier alpha value is -1.08. The molecule has 1 atom stereocenters. The average Bonchev–Trinajstić information content (AvgIpc) is 3.18. The Morgan fingerprint density at radius 2 is 2.05 bits per heavy atom. The molecule has 0 aromatic carbocycles. The first kappa shape index (κ1) is 13.9. The summed E-state index contributed by atoms with van der Waals surface area (Å²) in [6, 6.07) is 1.32. The summed E-state index contributed by atoms with van der Waals surface area (Å²) in [5.41, 5.74) is 0.513. The van der Waals surface area contributed by atoms with E-state index < -0.39 is 0 Å². The molecular weight excluding hydrogens is 296 g/mol. The van der Waals surface area contributed by atoms with Crippen LogP contribution in [0.25, 0.3) is 0 Å². The molecule has 2 aliphatic heterocycles. The maximum atomic E-state index is 12.6. The van der Waals surface area contributed by atoms with Crippen molar-refractivity contribution < 1.29 is 14.0 Å². The molecule has 1 aromatic rings. The van der Waals surface area contributed by atoms with E-state index in [2.05, 4.69) is 0 Å². The molecule has 0 radical (unpaired) electrons. The molecule has 0 bridgehead atoms. The molecule has 0 N–H and O–H groups in total. The quantitative estimate of drug-likeness (QED) is 0.825. The summed E-state index contributed by atoms with van der Waals surface area (Å²) in [6.07, 6.45) is 2.92. The van der Waals surface area contributed by atoms with Gasteiger partial charge in [0.2, 0.25) is 5.91 Å². The van der Waals surface area contributed by atoms with Gasteiger partial charge in [0.25, 0.3) is 5.91 Å². The number of hydrogen-bond acceptors (Lipinski definition) is 5. The van der Waals surface area contributed by atoms with Gasteiger partial charge in [-0.1, -0.05) is 0 Å². The van der Waals surface area contributed by atoms with Crippen molar-refractivity contribution in [1.82, 2.24) is 9.80 Å². The molecule has 1 unspecified atom stereocenters. The highest BCUT2D eigenvalue weighted by Gasteiger charge is 2.37. The van der Waals surface area contributed by atoms with Gasteiger partial charge in [-0.15, -0.1) is 11.8 Å². The second-order valence-corrected chi connectivity index (χ2v) is 6.96. The first-order chi connectivity index (χ1) is 9.77. The van der Waals surface area contributed by atoms with Crippen molar-refractivity contribution in [2.45, 2.75) is 6.04 Å². The third-order valence-electron chi connectivity index (χ3n) is 3.52. The van der Waals surface area contributed by atoms with Crippen LogP contribution in [0.15, 0.2) is 23.0 Å². The Morgan fingerprint density at radius 1 is 1.25 bits per heavy atom. The van der Waals surface area contributed by atoms with E-state index in [1.807, 2.05) is 16.7 Å². The van der Waals surface area contributed by atoms with Gasteiger partial charge in [0.15, 0.2) is 0 Å². The van der Waals surface area contributed by atoms with Crippen LogP contribution in [-0.2, 0) is 4.79 Å². The van der Waals surface area contributed by atoms with Crippen molar-refractivity contribution in [2.75, 3.05) is 36.2 Å². The minimum Gasteiger partial charge on any atom is -0.472 e. The van der Waals surface area contributed by atoms with Crippen LogP contribution < -0.4 is 0 Å². The van der Waals surface area contributed by atoms with Gasteiger partial charge in [0.1, 0.15) is 12.3 Å². The lowest BCUT2D eigenvalue weighted by molar-refractivity contribution is -0.134. The molecule has 3 heterocycles. The van der Waals surface area contributed by atoms with Gasteiger partial charge in [-0.25, -0.2) is 0 Å². The third-order valence-corrected chi connectivity index (χ3v) is 5.47. The zero-order valence-corrected chi connectivity index (χ0v) is 12.6. The van der Waals surface area contributed by atoms with E-state index in [1.54, 1.807) is 22.7 Å². The molecule has 1 aromatic heterocycles. The average molecular weight is 312 g/mol. The fraction of sp³-hybridized carbons (Fsp3) is 0.538. The van der Waals surface area contributed by atoms with Crippen LogP contribution >= 0.6 is 23.5 Å². The fourth-order valence-corrected chi connectivity index (χ4v) is 4.44. The first-order valence-electron chi connectivity index (χ1n) is 6.55. The summed E-state index contributed by atoms with van der Waals surface area (Å²) in [6.45, 7) is 1.58. The van der Waals surface area contributed by atoms with E-state index in [1.165, 1.54) is 12.5 Å². The number of nitrogens with zero attached hydrogens (tertiary/aromatic N) is 2. The van der Waals surface area contributed by atoms with Gasteiger partial charge in [-0.05, 0) is 6.07 Å². The normalized spacial score (nSPS) is 23.1. The summed E-state index contributed by atoms with van der Waals surface area (Å²) < 4.78 is 4.95. The topological polar surface area (TPSA) is 53.8 Å². The van der Waals surface area contributed by atoms with Gasteiger partial charge in [0.05, 0.1) is 17.7 Å². The fourth-order valence-electron chi connectivity index (χ4n) is 2.39. The number of carbonyl (C=O) groups excluding carboxylic acids is 2. The van der Waals surface area contributed by atoms with Crippen molar-refractivity contribution in [3.05, 3.63) is 24.2 Å². The Morgan fingerprint density at radius 3 is 2.75 bits per heavy atom. The van der Waals surface area contributed by atoms with Crippen LogP contribution in [0.5, 0.6) is 0 Å². The predicted octanol–water partition coefficient (Wildman–Crippen LogP) is 1.37. The van der Waals surface area contributed by atoms with Crippen LogP contribution in [0.1, 0.15) is 10.4 Å². The maximum Gasteiger partial charge on any atom is 0.258 e. The molecule has 0 spiro atoms. The number of carbonyl (C=O) groups is 2. The lowest BCUT2D eigenvalue weighted by Crippen LogP contribution is -2.51. The Labute approximate surface area is 126 Å². The lowest BCUT2D eigenvalue weighted by Gasteiger charge is -2.31. The van der Waals surface area contributed by atoms with Crippen molar-refractivity contribution in [3.8, 4) is 0 Å². The number of furan rings is 1. The van der Waals surface area contributed by atoms with Crippen molar-refractivity contribution in [2.24, 2.45) is 0 Å². The smallest absolute Gasteiger partial charge is 0.258 e. The Bertz CT molecular complexity index is 486. The van der Waals surface area contributed by atoms with Crippen LogP contribution in [0.3, 0.4) is 0 Å². The van der Waals surface area contributed by atoms with Crippen molar-refractivity contribution >= 4 is 35.3 Å². The third kappa shape index (κ3) is 2.69. The van der Waals surface area contributed by atoms with E-state index in [0.29, 0.717) is 17.2 Å². The highest BCUT2D eigenvalue weighted by molar-refractivity contribution is 7.99. The summed E-state index contributed by atoms with van der Waals surface area (Å²) in [5, 5.41) is 0. The summed E-state index contributed by atoms with van der Waals surface area (Å²) in [4.78, 5) is 28.5. The van der Waals surface area contributed by atoms with Gasteiger partial charge >= 0.3 is 0 Å². The molecule has 108 valence electrons. The van der Waals surface area contributed by atoms with Crippen LogP contribution in [0, 0.1) is 0 Å². The number of thioether (sulfide) groups is 2. The molecule has 2 fully saturated rings. The lowest BCUT2D eigenvalue weighted by atomic mass is 10.2. The molecule has 3 rings (SSSR count). The molecule has 20 heavy (non-hydrogen) atoms. The number of hydrogen-bond donors (Lipinski definition) is 0. The highest BCUT2D eigenvalue weighted by atomic mass is 32.2. The van der Waals surface area contributed by atoms with E-state index >= 15 is 0 Å². The molecule has 2 saturated heterocycles. The second kappa shape index (κ2) is 6.13. The van der Waals surface area contributed by atoms with Gasteiger partial charge in [-0.3, -0.25) is 9.59 Å².